The summed E-state index contributed by atoms with van der Waals surface area (Å²) in [6.45, 7) is 2.58. The first-order valence-electron chi connectivity index (χ1n) is 5.76. The highest BCUT2D eigenvalue weighted by atomic mass is 35.5. The molecule has 98 valence electrons. The second kappa shape index (κ2) is 7.21. The summed E-state index contributed by atoms with van der Waals surface area (Å²) in [5, 5.41) is 13.4. The van der Waals surface area contributed by atoms with E-state index < -0.39 is 6.10 Å². The van der Waals surface area contributed by atoms with Crippen LogP contribution in [0.3, 0.4) is 0 Å². The second-order valence-corrected chi connectivity index (χ2v) is 4.10. The van der Waals surface area contributed by atoms with Crippen LogP contribution in [0.15, 0.2) is 53.1 Å². The van der Waals surface area contributed by atoms with Crippen LogP contribution in [-0.2, 0) is 6.54 Å². The van der Waals surface area contributed by atoms with Crippen molar-refractivity contribution in [2.45, 2.75) is 25.6 Å². The minimum atomic E-state index is -0.508. The Morgan fingerprint density at radius 3 is 2.50 bits per heavy atom. The van der Waals surface area contributed by atoms with Crippen LogP contribution in [0.4, 0.5) is 0 Å². The SMILES string of the molecule is CC(NCc1ccco1)C(O)c1ccccc1.Cl. The number of hydrogen-bond acceptors (Lipinski definition) is 3. The van der Waals surface area contributed by atoms with Crippen LogP contribution in [-0.4, -0.2) is 11.1 Å². The molecule has 2 rings (SSSR count). The summed E-state index contributed by atoms with van der Waals surface area (Å²) in [6.07, 6.45) is 1.14. The van der Waals surface area contributed by atoms with E-state index in [9.17, 15) is 5.11 Å². The maximum atomic E-state index is 10.1. The molecule has 0 radical (unpaired) electrons. The maximum Gasteiger partial charge on any atom is 0.117 e. The molecule has 1 heterocycles. The zero-order chi connectivity index (χ0) is 12.1. The van der Waals surface area contributed by atoms with Crippen LogP contribution in [0, 0.1) is 0 Å². The third-order valence-electron chi connectivity index (χ3n) is 2.79. The van der Waals surface area contributed by atoms with Gasteiger partial charge in [0.05, 0.1) is 18.9 Å². The van der Waals surface area contributed by atoms with E-state index in [0.29, 0.717) is 6.54 Å². The molecule has 1 aromatic heterocycles. The molecule has 2 N–H and O–H groups in total. The standard InChI is InChI=1S/C14H17NO2.ClH/c1-11(15-10-13-8-5-9-17-13)14(16)12-6-3-2-4-7-12;/h2-9,11,14-16H,10H2,1H3;1H. The summed E-state index contributed by atoms with van der Waals surface area (Å²) >= 11 is 0. The molecule has 4 heteroatoms. The fourth-order valence-electron chi connectivity index (χ4n) is 1.73. The van der Waals surface area contributed by atoms with Crippen molar-refractivity contribution in [1.29, 1.82) is 0 Å². The van der Waals surface area contributed by atoms with Gasteiger partial charge in [0.15, 0.2) is 0 Å². The van der Waals surface area contributed by atoms with Gasteiger partial charge in [0, 0.05) is 6.04 Å². The summed E-state index contributed by atoms with van der Waals surface area (Å²) in [5.41, 5.74) is 0.923. The molecular formula is C14H18ClNO2. The number of benzene rings is 1. The Morgan fingerprint density at radius 2 is 1.89 bits per heavy atom. The van der Waals surface area contributed by atoms with Gasteiger partial charge in [-0.1, -0.05) is 30.3 Å². The molecule has 0 fully saturated rings. The van der Waals surface area contributed by atoms with Gasteiger partial charge in [-0.2, -0.15) is 0 Å². The first-order chi connectivity index (χ1) is 8.27. The van der Waals surface area contributed by atoms with Crippen molar-refractivity contribution in [3.05, 3.63) is 60.1 Å². The topological polar surface area (TPSA) is 45.4 Å². The number of halogens is 1. The molecule has 0 bridgehead atoms. The maximum absolute atomic E-state index is 10.1. The number of hydrogen-bond donors (Lipinski definition) is 2. The first kappa shape index (κ1) is 14.8. The first-order valence-corrected chi connectivity index (χ1v) is 5.76. The summed E-state index contributed by atoms with van der Waals surface area (Å²) in [5.74, 6) is 0.872. The lowest BCUT2D eigenvalue weighted by Gasteiger charge is -2.20. The number of aliphatic hydroxyl groups is 1. The fraction of sp³-hybridized carbons (Fsp3) is 0.286. The quantitative estimate of drug-likeness (QED) is 0.876. The molecule has 1 aromatic carbocycles. The number of furan rings is 1. The fourth-order valence-corrected chi connectivity index (χ4v) is 1.73. The van der Waals surface area contributed by atoms with E-state index in [1.54, 1.807) is 6.26 Å². The smallest absolute Gasteiger partial charge is 0.117 e. The molecule has 0 aliphatic heterocycles. The van der Waals surface area contributed by atoms with Crippen molar-refractivity contribution < 1.29 is 9.52 Å². The van der Waals surface area contributed by atoms with Crippen molar-refractivity contribution in [1.82, 2.24) is 5.32 Å². The highest BCUT2D eigenvalue weighted by Crippen LogP contribution is 2.16. The Balaban J connectivity index is 0.00000162. The van der Waals surface area contributed by atoms with Gasteiger partial charge in [0.25, 0.3) is 0 Å². The van der Waals surface area contributed by atoms with E-state index in [0.717, 1.165) is 11.3 Å². The Hall–Kier alpha value is -1.29. The predicted molar refractivity (Wildman–Crippen MR) is 73.7 cm³/mol. The van der Waals surface area contributed by atoms with Gasteiger partial charge < -0.3 is 14.8 Å². The molecule has 0 amide bonds. The van der Waals surface area contributed by atoms with Crippen LogP contribution >= 0.6 is 12.4 Å². The number of rotatable bonds is 5. The summed E-state index contributed by atoms with van der Waals surface area (Å²) in [6, 6.07) is 13.4. The molecule has 18 heavy (non-hydrogen) atoms. The summed E-state index contributed by atoms with van der Waals surface area (Å²) < 4.78 is 5.23. The molecule has 3 nitrogen and oxygen atoms in total. The molecule has 2 aromatic rings. The molecule has 0 saturated heterocycles. The van der Waals surface area contributed by atoms with Crippen LogP contribution in [0.2, 0.25) is 0 Å². The lowest BCUT2D eigenvalue weighted by molar-refractivity contribution is 0.134. The molecule has 0 aliphatic carbocycles. The predicted octanol–water partition coefficient (Wildman–Crippen LogP) is 2.91. The molecule has 0 aliphatic rings. The van der Waals surface area contributed by atoms with Crippen LogP contribution < -0.4 is 5.32 Å². The van der Waals surface area contributed by atoms with Gasteiger partial charge in [0.1, 0.15) is 5.76 Å². The third kappa shape index (κ3) is 3.88. The van der Waals surface area contributed by atoms with Crippen molar-refractivity contribution in [3.63, 3.8) is 0 Å². The second-order valence-electron chi connectivity index (χ2n) is 4.10. The average molecular weight is 268 g/mol. The molecular weight excluding hydrogens is 250 g/mol. The zero-order valence-electron chi connectivity index (χ0n) is 10.2. The Morgan fingerprint density at radius 1 is 1.17 bits per heavy atom. The van der Waals surface area contributed by atoms with Crippen molar-refractivity contribution >= 4 is 12.4 Å². The summed E-state index contributed by atoms with van der Waals surface area (Å²) in [4.78, 5) is 0. The minimum Gasteiger partial charge on any atom is -0.468 e. The number of aliphatic hydroxyl groups excluding tert-OH is 1. The van der Waals surface area contributed by atoms with Gasteiger partial charge in [-0.3, -0.25) is 0 Å². The lowest BCUT2D eigenvalue weighted by Crippen LogP contribution is -2.31. The minimum absolute atomic E-state index is 0. The van der Waals surface area contributed by atoms with E-state index >= 15 is 0 Å². The van der Waals surface area contributed by atoms with Crippen LogP contribution in [0.25, 0.3) is 0 Å². The van der Waals surface area contributed by atoms with Crippen molar-refractivity contribution in [2.75, 3.05) is 0 Å². The highest BCUT2D eigenvalue weighted by Gasteiger charge is 2.15. The Kier molecular flexibility index (Phi) is 5.92. The van der Waals surface area contributed by atoms with Gasteiger partial charge in [-0.25, -0.2) is 0 Å². The normalized spacial score (nSPS) is 13.7. The molecule has 2 unspecified atom stereocenters. The monoisotopic (exact) mass is 267 g/mol. The van der Waals surface area contributed by atoms with E-state index in [1.807, 2.05) is 49.4 Å². The van der Waals surface area contributed by atoms with Gasteiger partial charge in [0.2, 0.25) is 0 Å². The summed E-state index contributed by atoms with van der Waals surface area (Å²) in [7, 11) is 0. The Bertz CT molecular complexity index is 430. The molecule has 0 saturated carbocycles. The van der Waals surface area contributed by atoms with E-state index in [2.05, 4.69) is 5.32 Å². The largest absolute Gasteiger partial charge is 0.468 e. The van der Waals surface area contributed by atoms with Gasteiger partial charge in [-0.05, 0) is 24.6 Å². The van der Waals surface area contributed by atoms with Gasteiger partial charge in [-0.15, -0.1) is 12.4 Å². The number of nitrogens with one attached hydrogen (secondary N) is 1. The Labute approximate surface area is 113 Å². The van der Waals surface area contributed by atoms with Gasteiger partial charge >= 0.3 is 0 Å². The molecule has 2 atom stereocenters. The van der Waals surface area contributed by atoms with Crippen molar-refractivity contribution in [3.8, 4) is 0 Å². The third-order valence-corrected chi connectivity index (χ3v) is 2.79. The van der Waals surface area contributed by atoms with Crippen molar-refractivity contribution in [2.24, 2.45) is 0 Å². The van der Waals surface area contributed by atoms with E-state index in [-0.39, 0.29) is 18.4 Å². The molecule has 0 spiro atoms. The van der Waals surface area contributed by atoms with Crippen LogP contribution in [0.1, 0.15) is 24.4 Å². The zero-order valence-corrected chi connectivity index (χ0v) is 11.1. The van der Waals surface area contributed by atoms with Crippen LogP contribution in [0.5, 0.6) is 0 Å². The highest BCUT2D eigenvalue weighted by molar-refractivity contribution is 5.85. The van der Waals surface area contributed by atoms with E-state index in [4.69, 9.17) is 4.42 Å². The van der Waals surface area contributed by atoms with E-state index in [1.165, 1.54) is 0 Å². The average Bonchev–Trinajstić information content (AvgIpc) is 2.89. The lowest BCUT2D eigenvalue weighted by atomic mass is 10.0.